The lowest BCUT2D eigenvalue weighted by atomic mass is 9.92. The number of amides is 2. The molecule has 1 aliphatic heterocycles. The van der Waals surface area contributed by atoms with Crippen molar-refractivity contribution in [2.45, 2.75) is 45.3 Å². The van der Waals surface area contributed by atoms with Crippen molar-refractivity contribution >= 4 is 17.5 Å². The van der Waals surface area contributed by atoms with E-state index in [1.54, 1.807) is 11.1 Å². The molecular formula is C21H23N3O3. The van der Waals surface area contributed by atoms with E-state index in [9.17, 15) is 9.59 Å². The number of nitrogens with one attached hydrogen (secondary N) is 1. The molecule has 1 aliphatic carbocycles. The number of carbonyl (C=O) groups excluding carboxylic acids is 2. The Morgan fingerprint density at radius 1 is 1.15 bits per heavy atom. The normalized spacial score (nSPS) is 18.6. The molecule has 0 bridgehead atoms. The van der Waals surface area contributed by atoms with Gasteiger partial charge in [-0.15, -0.1) is 0 Å². The van der Waals surface area contributed by atoms with E-state index in [1.165, 1.54) is 0 Å². The van der Waals surface area contributed by atoms with Crippen molar-refractivity contribution in [3.05, 3.63) is 53.3 Å². The van der Waals surface area contributed by atoms with Crippen molar-refractivity contribution in [1.29, 1.82) is 0 Å². The van der Waals surface area contributed by atoms with Gasteiger partial charge in [0, 0.05) is 18.3 Å². The van der Waals surface area contributed by atoms with Crippen molar-refractivity contribution in [3.8, 4) is 5.75 Å². The predicted molar refractivity (Wildman–Crippen MR) is 101 cm³/mol. The van der Waals surface area contributed by atoms with Gasteiger partial charge >= 0.3 is 11.8 Å². The number of ether oxygens (including phenoxy) is 1. The highest BCUT2D eigenvalue weighted by atomic mass is 16.5. The molecule has 2 aromatic rings. The third-order valence-electron chi connectivity index (χ3n) is 5.14. The summed E-state index contributed by atoms with van der Waals surface area (Å²) in [5, 5.41) is 2.79. The van der Waals surface area contributed by atoms with Crippen LogP contribution >= 0.6 is 0 Å². The molecule has 1 aromatic carbocycles. The average Bonchev–Trinajstić information content (AvgIpc) is 2.85. The van der Waals surface area contributed by atoms with E-state index in [1.807, 2.05) is 37.4 Å². The standard InChI is InChI=1S/C21H23N3O3/c1-14-12-24(13-16-7-3-5-9-19(16)27-14)21(26)20(25)23-18-11-22-10-15-6-2-4-8-17(15)18/h3,5,7,9-11,14H,2,4,6,8,12-13H2,1H3,(H,23,25). The van der Waals surface area contributed by atoms with Crippen LogP contribution in [0.3, 0.4) is 0 Å². The van der Waals surface area contributed by atoms with Crippen LogP contribution < -0.4 is 10.1 Å². The highest BCUT2D eigenvalue weighted by Crippen LogP contribution is 2.27. The number of aryl methyl sites for hydroxylation is 1. The van der Waals surface area contributed by atoms with Crippen LogP contribution in [0.25, 0.3) is 0 Å². The topological polar surface area (TPSA) is 71.5 Å². The average molecular weight is 365 g/mol. The first kappa shape index (κ1) is 17.5. The van der Waals surface area contributed by atoms with Crippen molar-refractivity contribution in [3.63, 3.8) is 0 Å². The summed E-state index contributed by atoms with van der Waals surface area (Å²) in [7, 11) is 0. The van der Waals surface area contributed by atoms with Gasteiger partial charge in [0.05, 0.1) is 18.4 Å². The number of rotatable bonds is 1. The zero-order chi connectivity index (χ0) is 18.8. The molecule has 1 atom stereocenters. The van der Waals surface area contributed by atoms with E-state index in [2.05, 4.69) is 10.3 Å². The van der Waals surface area contributed by atoms with Gasteiger partial charge in [-0.05, 0) is 49.8 Å². The summed E-state index contributed by atoms with van der Waals surface area (Å²) in [5.74, 6) is -0.403. The van der Waals surface area contributed by atoms with Crippen LogP contribution in [0, 0.1) is 0 Å². The molecule has 2 amide bonds. The molecule has 2 aliphatic rings. The summed E-state index contributed by atoms with van der Waals surface area (Å²) in [6.07, 6.45) is 7.41. The maximum absolute atomic E-state index is 12.8. The highest BCUT2D eigenvalue weighted by Gasteiger charge is 2.28. The van der Waals surface area contributed by atoms with Gasteiger partial charge in [-0.3, -0.25) is 14.6 Å². The number of hydrogen-bond donors (Lipinski definition) is 1. The van der Waals surface area contributed by atoms with Gasteiger partial charge in [-0.2, -0.15) is 0 Å². The van der Waals surface area contributed by atoms with Gasteiger partial charge in [0.2, 0.25) is 0 Å². The molecule has 0 saturated carbocycles. The fourth-order valence-corrected chi connectivity index (χ4v) is 3.82. The second kappa shape index (κ2) is 7.39. The lowest BCUT2D eigenvalue weighted by molar-refractivity contribution is -0.144. The van der Waals surface area contributed by atoms with Crippen molar-refractivity contribution in [2.75, 3.05) is 11.9 Å². The molecule has 1 aromatic heterocycles. The minimum Gasteiger partial charge on any atom is -0.489 e. The molecule has 0 fully saturated rings. The Balaban J connectivity index is 1.52. The number of carbonyl (C=O) groups is 2. The smallest absolute Gasteiger partial charge is 0.313 e. The summed E-state index contributed by atoms with van der Waals surface area (Å²) in [6, 6.07) is 7.62. The van der Waals surface area contributed by atoms with Crippen LogP contribution in [0.15, 0.2) is 36.7 Å². The summed E-state index contributed by atoms with van der Waals surface area (Å²) in [5.41, 5.74) is 3.83. The Hall–Kier alpha value is -2.89. The second-order valence-electron chi connectivity index (χ2n) is 7.21. The van der Waals surface area contributed by atoms with E-state index >= 15 is 0 Å². The van der Waals surface area contributed by atoms with E-state index in [4.69, 9.17) is 4.74 Å². The van der Waals surface area contributed by atoms with Crippen LogP contribution in [-0.2, 0) is 29.0 Å². The zero-order valence-electron chi connectivity index (χ0n) is 15.4. The van der Waals surface area contributed by atoms with E-state index in [0.29, 0.717) is 18.8 Å². The van der Waals surface area contributed by atoms with Gasteiger partial charge < -0.3 is 15.0 Å². The molecule has 6 nitrogen and oxygen atoms in total. The molecule has 6 heteroatoms. The van der Waals surface area contributed by atoms with Gasteiger partial charge in [0.15, 0.2) is 0 Å². The number of hydrogen-bond acceptors (Lipinski definition) is 4. The summed E-state index contributed by atoms with van der Waals surface area (Å²) < 4.78 is 5.87. The number of nitrogens with zero attached hydrogens (tertiary/aromatic N) is 2. The molecular weight excluding hydrogens is 342 g/mol. The van der Waals surface area contributed by atoms with Crippen LogP contribution in [-0.4, -0.2) is 34.3 Å². The minimum absolute atomic E-state index is 0.184. The first-order chi connectivity index (χ1) is 13.1. The van der Waals surface area contributed by atoms with E-state index in [-0.39, 0.29) is 6.10 Å². The Morgan fingerprint density at radius 3 is 2.85 bits per heavy atom. The minimum atomic E-state index is -0.623. The van der Waals surface area contributed by atoms with Gasteiger partial charge in [0.1, 0.15) is 11.9 Å². The second-order valence-corrected chi connectivity index (χ2v) is 7.21. The number of benzene rings is 1. The predicted octanol–water partition coefficient (Wildman–Crippen LogP) is 2.71. The van der Waals surface area contributed by atoms with Gasteiger partial charge in [-0.25, -0.2) is 0 Å². The Labute approximate surface area is 158 Å². The lowest BCUT2D eigenvalue weighted by Crippen LogP contribution is -2.42. The number of pyridine rings is 1. The van der Waals surface area contributed by atoms with Crippen LogP contribution in [0.4, 0.5) is 5.69 Å². The summed E-state index contributed by atoms with van der Waals surface area (Å²) in [6.45, 7) is 2.63. The SMILES string of the molecule is CC1CN(C(=O)C(=O)Nc2cncc3c2CCCC3)Cc2ccccc2O1. The van der Waals surface area contributed by atoms with Crippen LogP contribution in [0.5, 0.6) is 5.75 Å². The maximum atomic E-state index is 12.8. The number of anilines is 1. The molecule has 1 N–H and O–H groups in total. The van der Waals surface area contributed by atoms with Crippen molar-refractivity contribution in [2.24, 2.45) is 0 Å². The zero-order valence-corrected chi connectivity index (χ0v) is 15.4. The number of aromatic nitrogens is 1. The first-order valence-corrected chi connectivity index (χ1v) is 9.42. The number of para-hydroxylation sites is 1. The largest absolute Gasteiger partial charge is 0.489 e. The summed E-state index contributed by atoms with van der Waals surface area (Å²) in [4.78, 5) is 31.2. The molecule has 0 saturated heterocycles. The Kier molecular flexibility index (Phi) is 4.79. The molecule has 140 valence electrons. The molecule has 0 radical (unpaired) electrons. The van der Waals surface area contributed by atoms with Crippen molar-refractivity contribution in [1.82, 2.24) is 9.88 Å². The monoisotopic (exact) mass is 365 g/mol. The highest BCUT2D eigenvalue weighted by molar-refractivity contribution is 6.39. The first-order valence-electron chi connectivity index (χ1n) is 9.42. The Morgan fingerprint density at radius 2 is 1.96 bits per heavy atom. The number of fused-ring (bicyclic) bond motifs is 2. The maximum Gasteiger partial charge on any atom is 0.313 e. The third kappa shape index (κ3) is 3.65. The molecule has 4 rings (SSSR count). The van der Waals surface area contributed by atoms with Gasteiger partial charge in [0.25, 0.3) is 0 Å². The van der Waals surface area contributed by atoms with Gasteiger partial charge in [-0.1, -0.05) is 18.2 Å². The fourth-order valence-electron chi connectivity index (χ4n) is 3.82. The lowest BCUT2D eigenvalue weighted by Gasteiger charge is -2.23. The molecule has 2 heterocycles. The van der Waals surface area contributed by atoms with Crippen LogP contribution in [0.1, 0.15) is 36.5 Å². The van der Waals surface area contributed by atoms with Crippen molar-refractivity contribution < 1.29 is 14.3 Å². The van der Waals surface area contributed by atoms with E-state index in [0.717, 1.165) is 48.1 Å². The molecule has 1 unspecified atom stereocenters. The summed E-state index contributed by atoms with van der Waals surface area (Å²) >= 11 is 0. The van der Waals surface area contributed by atoms with Crippen LogP contribution in [0.2, 0.25) is 0 Å². The molecule has 0 spiro atoms. The van der Waals surface area contributed by atoms with E-state index < -0.39 is 11.8 Å². The quantitative estimate of drug-likeness (QED) is 0.789. The Bertz CT molecular complexity index is 881. The third-order valence-corrected chi connectivity index (χ3v) is 5.14. The molecule has 27 heavy (non-hydrogen) atoms. The fraction of sp³-hybridized carbons (Fsp3) is 0.381.